The van der Waals surface area contributed by atoms with E-state index in [0.29, 0.717) is 48.5 Å². The molecule has 0 bridgehead atoms. The number of carbonyl (C=O) groups excluding carboxylic acids is 2. The van der Waals surface area contributed by atoms with Gasteiger partial charge in [-0.05, 0) is 37.1 Å². The number of likely N-dealkylation sites (tertiary alicyclic amines) is 2. The van der Waals surface area contributed by atoms with E-state index in [1.807, 2.05) is 34.1 Å². The zero-order chi connectivity index (χ0) is 19.7. The Morgan fingerprint density at radius 2 is 2.04 bits per heavy atom. The standard InChI is InChI=1S/C20H24N4O3S/c1-2-9-27-15-5-3-13(4-6-15)18(25)24-11-14-10-23(8-7-17(14)24)19(26)16-12-28-20(21)22-16/h3-6,12,14,17H,2,7-11H2,1H3,(H2,21,22)/t14-,17-/m0/s1. The Morgan fingerprint density at radius 1 is 1.25 bits per heavy atom. The van der Waals surface area contributed by atoms with E-state index in [0.717, 1.165) is 18.6 Å². The third-order valence-corrected chi connectivity index (χ3v) is 6.06. The van der Waals surface area contributed by atoms with Crippen molar-refractivity contribution >= 4 is 28.3 Å². The zero-order valence-electron chi connectivity index (χ0n) is 15.8. The van der Waals surface area contributed by atoms with Crippen molar-refractivity contribution in [2.75, 3.05) is 32.0 Å². The molecule has 2 aliphatic heterocycles. The molecule has 2 N–H and O–H groups in total. The Kier molecular flexibility index (Phi) is 5.21. The molecule has 3 heterocycles. The Hall–Kier alpha value is -2.61. The van der Waals surface area contributed by atoms with Crippen LogP contribution < -0.4 is 10.5 Å². The highest BCUT2D eigenvalue weighted by molar-refractivity contribution is 7.13. The average molecular weight is 401 g/mol. The molecule has 0 unspecified atom stereocenters. The molecule has 4 rings (SSSR count). The molecular weight excluding hydrogens is 376 g/mol. The quantitative estimate of drug-likeness (QED) is 0.833. The van der Waals surface area contributed by atoms with Crippen LogP contribution in [-0.2, 0) is 0 Å². The topological polar surface area (TPSA) is 88.8 Å². The summed E-state index contributed by atoms with van der Waals surface area (Å²) < 4.78 is 5.57. The minimum absolute atomic E-state index is 0.0512. The van der Waals surface area contributed by atoms with Crippen LogP contribution in [-0.4, -0.2) is 58.9 Å². The molecule has 1 aromatic carbocycles. The number of nitrogens with zero attached hydrogens (tertiary/aromatic N) is 3. The summed E-state index contributed by atoms with van der Waals surface area (Å²) in [6, 6.07) is 7.55. The Labute approximate surface area is 168 Å². The average Bonchev–Trinajstić information content (AvgIpc) is 3.13. The van der Waals surface area contributed by atoms with Crippen LogP contribution in [0.3, 0.4) is 0 Å². The summed E-state index contributed by atoms with van der Waals surface area (Å²) in [6.07, 6.45) is 1.74. The number of benzene rings is 1. The van der Waals surface area contributed by atoms with Gasteiger partial charge in [0.05, 0.1) is 6.61 Å². The molecule has 2 aromatic rings. The van der Waals surface area contributed by atoms with Crippen molar-refractivity contribution in [3.63, 3.8) is 0 Å². The minimum atomic E-state index is -0.0705. The summed E-state index contributed by atoms with van der Waals surface area (Å²) >= 11 is 1.28. The number of hydrogen-bond acceptors (Lipinski definition) is 6. The van der Waals surface area contributed by atoms with Gasteiger partial charge in [0.2, 0.25) is 0 Å². The van der Waals surface area contributed by atoms with Crippen LogP contribution in [0.15, 0.2) is 29.6 Å². The number of rotatable bonds is 5. The highest BCUT2D eigenvalue weighted by Gasteiger charge is 2.46. The Bertz CT molecular complexity index is 867. The molecule has 0 spiro atoms. The molecule has 0 aliphatic carbocycles. The fourth-order valence-corrected chi connectivity index (χ4v) is 4.44. The second-order valence-electron chi connectivity index (χ2n) is 7.27. The van der Waals surface area contributed by atoms with E-state index in [9.17, 15) is 9.59 Å². The largest absolute Gasteiger partial charge is 0.494 e. The first kappa shape index (κ1) is 18.7. The number of ether oxygens (including phenoxy) is 1. The fourth-order valence-electron chi connectivity index (χ4n) is 3.90. The van der Waals surface area contributed by atoms with Gasteiger partial charge in [-0.3, -0.25) is 9.59 Å². The fraction of sp³-hybridized carbons (Fsp3) is 0.450. The van der Waals surface area contributed by atoms with Crippen molar-refractivity contribution in [2.24, 2.45) is 5.92 Å². The van der Waals surface area contributed by atoms with Crippen LogP contribution in [0.2, 0.25) is 0 Å². The predicted molar refractivity (Wildman–Crippen MR) is 108 cm³/mol. The number of anilines is 1. The van der Waals surface area contributed by atoms with Crippen LogP contribution in [0, 0.1) is 5.92 Å². The van der Waals surface area contributed by atoms with Gasteiger partial charge in [-0.15, -0.1) is 11.3 Å². The van der Waals surface area contributed by atoms with Crippen molar-refractivity contribution in [2.45, 2.75) is 25.8 Å². The van der Waals surface area contributed by atoms with Crippen molar-refractivity contribution in [1.29, 1.82) is 0 Å². The SMILES string of the molecule is CCCOc1ccc(C(=O)N2C[C@@H]3CN(C(=O)c4csc(N)n4)CC[C@@H]32)cc1. The third-order valence-electron chi connectivity index (χ3n) is 5.39. The number of aromatic nitrogens is 1. The van der Waals surface area contributed by atoms with E-state index in [-0.39, 0.29) is 17.9 Å². The highest BCUT2D eigenvalue weighted by Crippen LogP contribution is 2.34. The summed E-state index contributed by atoms with van der Waals surface area (Å²) in [5.41, 5.74) is 6.73. The smallest absolute Gasteiger partial charge is 0.273 e. The van der Waals surface area contributed by atoms with Gasteiger partial charge >= 0.3 is 0 Å². The van der Waals surface area contributed by atoms with Crippen molar-refractivity contribution in [1.82, 2.24) is 14.8 Å². The molecule has 8 heteroatoms. The maximum absolute atomic E-state index is 12.8. The number of hydrogen-bond donors (Lipinski definition) is 1. The first-order valence-electron chi connectivity index (χ1n) is 9.61. The second-order valence-corrected chi connectivity index (χ2v) is 8.16. The van der Waals surface area contributed by atoms with E-state index in [1.54, 1.807) is 5.38 Å². The molecule has 148 valence electrons. The van der Waals surface area contributed by atoms with E-state index in [4.69, 9.17) is 10.5 Å². The normalized spacial score (nSPS) is 21.0. The molecule has 2 saturated heterocycles. The van der Waals surface area contributed by atoms with Gasteiger partial charge < -0.3 is 20.3 Å². The molecular formula is C20H24N4O3S. The summed E-state index contributed by atoms with van der Waals surface area (Å²) in [5, 5.41) is 2.11. The molecule has 0 saturated carbocycles. The summed E-state index contributed by atoms with van der Waals surface area (Å²) in [5.74, 6) is 1.09. The van der Waals surface area contributed by atoms with E-state index in [2.05, 4.69) is 11.9 Å². The van der Waals surface area contributed by atoms with Gasteiger partial charge in [0, 0.05) is 42.5 Å². The van der Waals surface area contributed by atoms with Crippen LogP contribution in [0.25, 0.3) is 0 Å². The first-order valence-corrected chi connectivity index (χ1v) is 10.5. The predicted octanol–water partition coefficient (Wildman–Crippen LogP) is 2.50. The maximum Gasteiger partial charge on any atom is 0.273 e. The van der Waals surface area contributed by atoms with Gasteiger partial charge in [0.1, 0.15) is 11.4 Å². The lowest BCUT2D eigenvalue weighted by Gasteiger charge is -2.53. The monoisotopic (exact) mass is 400 g/mol. The molecule has 2 fully saturated rings. The number of nitrogen functional groups attached to an aromatic ring is 1. The van der Waals surface area contributed by atoms with Crippen LogP contribution >= 0.6 is 11.3 Å². The lowest BCUT2D eigenvalue weighted by Crippen LogP contribution is -2.65. The third kappa shape index (κ3) is 3.56. The molecule has 2 amide bonds. The number of fused-ring (bicyclic) bond motifs is 1. The van der Waals surface area contributed by atoms with Crippen molar-refractivity contribution < 1.29 is 14.3 Å². The van der Waals surface area contributed by atoms with Gasteiger partial charge in [-0.25, -0.2) is 4.98 Å². The number of carbonyl (C=O) groups is 2. The van der Waals surface area contributed by atoms with E-state index < -0.39 is 0 Å². The molecule has 28 heavy (non-hydrogen) atoms. The number of nitrogens with two attached hydrogens (primary N) is 1. The molecule has 2 aliphatic rings. The Morgan fingerprint density at radius 3 is 2.68 bits per heavy atom. The van der Waals surface area contributed by atoms with Crippen molar-refractivity contribution in [3.05, 3.63) is 40.9 Å². The van der Waals surface area contributed by atoms with Crippen LogP contribution in [0.5, 0.6) is 5.75 Å². The van der Waals surface area contributed by atoms with Gasteiger partial charge in [-0.1, -0.05) is 6.92 Å². The van der Waals surface area contributed by atoms with E-state index in [1.165, 1.54) is 11.3 Å². The Balaban J connectivity index is 1.34. The summed E-state index contributed by atoms with van der Waals surface area (Å²) in [6.45, 7) is 4.70. The minimum Gasteiger partial charge on any atom is -0.494 e. The van der Waals surface area contributed by atoms with Gasteiger partial charge in [0.15, 0.2) is 5.13 Å². The summed E-state index contributed by atoms with van der Waals surface area (Å²) in [4.78, 5) is 33.2. The molecule has 1 aromatic heterocycles. The first-order chi connectivity index (χ1) is 13.6. The molecule has 7 nitrogen and oxygen atoms in total. The zero-order valence-corrected chi connectivity index (χ0v) is 16.7. The van der Waals surface area contributed by atoms with Crippen LogP contribution in [0.1, 0.15) is 40.6 Å². The van der Waals surface area contributed by atoms with Gasteiger partial charge in [-0.2, -0.15) is 0 Å². The number of thiazole rings is 1. The van der Waals surface area contributed by atoms with E-state index >= 15 is 0 Å². The van der Waals surface area contributed by atoms with Crippen LogP contribution in [0.4, 0.5) is 5.13 Å². The molecule has 2 atom stereocenters. The summed E-state index contributed by atoms with van der Waals surface area (Å²) in [7, 11) is 0. The van der Waals surface area contributed by atoms with Crippen molar-refractivity contribution in [3.8, 4) is 5.75 Å². The molecule has 0 radical (unpaired) electrons. The maximum atomic E-state index is 12.8. The number of piperidine rings is 1. The lowest BCUT2D eigenvalue weighted by atomic mass is 9.82. The highest BCUT2D eigenvalue weighted by atomic mass is 32.1. The number of amides is 2. The lowest BCUT2D eigenvalue weighted by molar-refractivity contribution is -0.0227. The van der Waals surface area contributed by atoms with Gasteiger partial charge in [0.25, 0.3) is 11.8 Å². The second kappa shape index (κ2) is 7.79.